The quantitative estimate of drug-likeness (QED) is 0.533. The number of non-ortho nitro benzene ring substituents is 1. The number of halogens is 1. The highest BCUT2D eigenvalue weighted by atomic mass is 79.9. The van der Waals surface area contributed by atoms with Crippen LogP contribution in [0.3, 0.4) is 0 Å². The minimum atomic E-state index is -3.52. The summed E-state index contributed by atoms with van der Waals surface area (Å²) in [5, 5.41) is 11.0. The van der Waals surface area contributed by atoms with Gasteiger partial charge in [-0.05, 0) is 23.8 Å². The Balaban J connectivity index is 2.35. The summed E-state index contributed by atoms with van der Waals surface area (Å²) >= 11 is 3.33. The number of sulfonamides is 1. The Morgan fingerprint density at radius 2 is 1.83 bits per heavy atom. The van der Waals surface area contributed by atoms with Crippen molar-refractivity contribution in [3.63, 3.8) is 0 Å². The van der Waals surface area contributed by atoms with Crippen molar-refractivity contribution < 1.29 is 18.1 Å². The minimum absolute atomic E-state index is 0.125. The molecule has 0 bridgehead atoms. The number of nitro benzene ring substituents is 1. The Labute approximate surface area is 148 Å². The summed E-state index contributed by atoms with van der Waals surface area (Å²) in [5.74, 6) is 0.125. The summed E-state index contributed by atoms with van der Waals surface area (Å²) in [6.45, 7) is 0.152. The number of nitro groups is 1. The average Bonchev–Trinajstić information content (AvgIpc) is 2.52. The molecule has 0 amide bonds. The number of nitrogens with zero attached hydrogens (tertiary/aromatic N) is 2. The van der Waals surface area contributed by atoms with Gasteiger partial charge in [-0.1, -0.05) is 28.1 Å². The molecule has 0 heterocycles. The molecule has 0 atom stereocenters. The van der Waals surface area contributed by atoms with Gasteiger partial charge in [0.1, 0.15) is 6.61 Å². The van der Waals surface area contributed by atoms with Gasteiger partial charge in [0.25, 0.3) is 5.69 Å². The van der Waals surface area contributed by atoms with Crippen LogP contribution in [0, 0.1) is 10.1 Å². The molecule has 2 rings (SSSR count). The molecule has 0 saturated carbocycles. The third kappa shape index (κ3) is 4.45. The van der Waals surface area contributed by atoms with E-state index in [1.54, 1.807) is 0 Å². The van der Waals surface area contributed by atoms with Crippen LogP contribution in [0.25, 0.3) is 0 Å². The summed E-state index contributed by atoms with van der Waals surface area (Å²) in [6, 6.07) is 11.2. The van der Waals surface area contributed by atoms with E-state index in [2.05, 4.69) is 15.9 Å². The van der Waals surface area contributed by atoms with Crippen molar-refractivity contribution in [3.8, 4) is 5.75 Å². The number of hydrogen-bond donors (Lipinski definition) is 0. The molecule has 0 aliphatic heterocycles. The summed E-state index contributed by atoms with van der Waals surface area (Å²) in [6.07, 6.45) is 1.05. The van der Waals surface area contributed by atoms with Gasteiger partial charge in [-0.2, -0.15) is 0 Å². The zero-order valence-corrected chi connectivity index (χ0v) is 15.4. The van der Waals surface area contributed by atoms with E-state index in [0.717, 1.165) is 20.6 Å². The Morgan fingerprint density at radius 1 is 1.21 bits per heavy atom. The van der Waals surface area contributed by atoms with Crippen LogP contribution in [-0.4, -0.2) is 26.6 Å². The third-order valence-corrected chi connectivity index (χ3v) is 5.02. The molecule has 2 aromatic rings. The molecule has 0 aliphatic carbocycles. The van der Waals surface area contributed by atoms with Crippen molar-refractivity contribution in [1.82, 2.24) is 0 Å². The van der Waals surface area contributed by atoms with Crippen molar-refractivity contribution >= 4 is 37.3 Å². The van der Waals surface area contributed by atoms with Crippen molar-refractivity contribution in [2.75, 3.05) is 17.6 Å². The summed E-state index contributed by atoms with van der Waals surface area (Å²) < 4.78 is 31.1. The van der Waals surface area contributed by atoms with E-state index in [1.165, 1.54) is 25.2 Å². The molecule has 0 radical (unpaired) electrons. The van der Waals surface area contributed by atoms with E-state index in [4.69, 9.17) is 4.74 Å². The lowest BCUT2D eigenvalue weighted by atomic mass is 10.2. The van der Waals surface area contributed by atoms with Gasteiger partial charge in [0, 0.05) is 17.6 Å². The molecule has 0 spiro atoms. The molecule has 0 N–H and O–H groups in total. The predicted octanol–water partition coefficient (Wildman–Crippen LogP) is 3.33. The van der Waals surface area contributed by atoms with E-state index >= 15 is 0 Å². The maximum absolute atomic E-state index is 11.7. The molecule has 128 valence electrons. The van der Waals surface area contributed by atoms with Crippen LogP contribution in [0.4, 0.5) is 11.4 Å². The molecule has 2 aromatic carbocycles. The van der Waals surface area contributed by atoms with Crippen LogP contribution < -0.4 is 9.04 Å². The zero-order chi connectivity index (χ0) is 17.9. The minimum Gasteiger partial charge on any atom is -0.486 e. The lowest BCUT2D eigenvalue weighted by Gasteiger charge is -2.20. The molecular weight excluding hydrogens is 400 g/mol. The highest BCUT2D eigenvalue weighted by Crippen LogP contribution is 2.33. The first-order valence-corrected chi connectivity index (χ1v) is 9.42. The Kier molecular flexibility index (Phi) is 5.45. The number of ether oxygens (including phenoxy) is 1. The third-order valence-electron chi connectivity index (χ3n) is 3.30. The average molecular weight is 415 g/mol. The highest BCUT2D eigenvalue weighted by Gasteiger charge is 2.20. The molecule has 0 fully saturated rings. The number of benzene rings is 2. The molecular formula is C15H15BrN2O5S. The van der Waals surface area contributed by atoms with Crippen LogP contribution in [0.2, 0.25) is 0 Å². The summed E-state index contributed by atoms with van der Waals surface area (Å²) in [7, 11) is -2.16. The van der Waals surface area contributed by atoms with Crippen LogP contribution in [0.5, 0.6) is 5.75 Å². The lowest BCUT2D eigenvalue weighted by molar-refractivity contribution is -0.384. The second kappa shape index (κ2) is 7.18. The van der Waals surface area contributed by atoms with E-state index in [9.17, 15) is 18.5 Å². The fraction of sp³-hybridized carbons (Fsp3) is 0.200. The van der Waals surface area contributed by atoms with Gasteiger partial charge in [0.05, 0.1) is 22.9 Å². The van der Waals surface area contributed by atoms with Gasteiger partial charge in [0.15, 0.2) is 5.75 Å². The predicted molar refractivity (Wildman–Crippen MR) is 94.8 cm³/mol. The maximum Gasteiger partial charge on any atom is 0.273 e. The fourth-order valence-corrected chi connectivity index (χ4v) is 2.68. The normalized spacial score (nSPS) is 11.1. The van der Waals surface area contributed by atoms with E-state index in [1.807, 2.05) is 24.3 Å². The first-order valence-electron chi connectivity index (χ1n) is 6.78. The van der Waals surface area contributed by atoms with Gasteiger partial charge < -0.3 is 4.74 Å². The molecule has 0 aliphatic rings. The first kappa shape index (κ1) is 18.2. The standard InChI is InChI=1S/C15H15BrN2O5S/c1-17(24(2,21)22)14-8-7-13(18(19)20)9-15(14)23-10-11-3-5-12(16)6-4-11/h3-9H,10H2,1-2H3. The van der Waals surface area contributed by atoms with E-state index in [-0.39, 0.29) is 23.7 Å². The largest absolute Gasteiger partial charge is 0.486 e. The van der Waals surface area contributed by atoms with Crippen LogP contribution in [-0.2, 0) is 16.6 Å². The Morgan fingerprint density at radius 3 is 2.38 bits per heavy atom. The number of anilines is 1. The molecule has 0 aromatic heterocycles. The van der Waals surface area contributed by atoms with Gasteiger partial charge in [0.2, 0.25) is 10.0 Å². The molecule has 0 saturated heterocycles. The van der Waals surface area contributed by atoms with Gasteiger partial charge in [-0.25, -0.2) is 8.42 Å². The topological polar surface area (TPSA) is 89.8 Å². The Hall–Kier alpha value is -2.13. The van der Waals surface area contributed by atoms with Crippen LogP contribution >= 0.6 is 15.9 Å². The van der Waals surface area contributed by atoms with E-state index < -0.39 is 14.9 Å². The summed E-state index contributed by atoms with van der Waals surface area (Å²) in [5.41, 5.74) is 0.907. The number of rotatable bonds is 6. The Bertz CT molecular complexity index is 853. The van der Waals surface area contributed by atoms with Gasteiger partial charge >= 0.3 is 0 Å². The highest BCUT2D eigenvalue weighted by molar-refractivity contribution is 9.10. The fourth-order valence-electron chi connectivity index (χ4n) is 1.91. The van der Waals surface area contributed by atoms with Gasteiger partial charge in [-0.3, -0.25) is 14.4 Å². The smallest absolute Gasteiger partial charge is 0.273 e. The van der Waals surface area contributed by atoms with Crippen molar-refractivity contribution in [2.45, 2.75) is 6.61 Å². The monoisotopic (exact) mass is 414 g/mol. The molecule has 7 nitrogen and oxygen atoms in total. The van der Waals surface area contributed by atoms with Crippen LogP contribution in [0.1, 0.15) is 5.56 Å². The van der Waals surface area contributed by atoms with Crippen molar-refractivity contribution in [2.24, 2.45) is 0 Å². The molecule has 0 unspecified atom stereocenters. The lowest BCUT2D eigenvalue weighted by Crippen LogP contribution is -2.25. The molecule has 24 heavy (non-hydrogen) atoms. The SMILES string of the molecule is CN(c1ccc([N+](=O)[O-])cc1OCc1ccc(Br)cc1)S(C)(=O)=O. The van der Waals surface area contributed by atoms with Crippen LogP contribution in [0.15, 0.2) is 46.9 Å². The second-order valence-electron chi connectivity index (χ2n) is 5.05. The first-order chi connectivity index (χ1) is 11.2. The number of hydrogen-bond acceptors (Lipinski definition) is 5. The van der Waals surface area contributed by atoms with Gasteiger partial charge in [-0.15, -0.1) is 0 Å². The van der Waals surface area contributed by atoms with Crippen molar-refractivity contribution in [1.29, 1.82) is 0 Å². The molecule has 9 heteroatoms. The second-order valence-corrected chi connectivity index (χ2v) is 7.98. The zero-order valence-electron chi connectivity index (χ0n) is 13.0. The van der Waals surface area contributed by atoms with E-state index in [0.29, 0.717) is 0 Å². The van der Waals surface area contributed by atoms with Crippen molar-refractivity contribution in [3.05, 3.63) is 62.6 Å². The summed E-state index contributed by atoms with van der Waals surface area (Å²) in [4.78, 5) is 10.4. The maximum atomic E-state index is 11.7.